The zero-order chi connectivity index (χ0) is 11.5. The predicted molar refractivity (Wildman–Crippen MR) is 56.0 cm³/mol. The molecule has 5 heteroatoms. The number of allylic oxidation sites excluding steroid dienone is 5. The average molecular weight is 217 g/mol. The van der Waals surface area contributed by atoms with Crippen LogP contribution in [0.15, 0.2) is 39.8 Å². The van der Waals surface area contributed by atoms with E-state index < -0.39 is 5.83 Å². The van der Waals surface area contributed by atoms with Gasteiger partial charge in [0.15, 0.2) is 11.6 Å². The van der Waals surface area contributed by atoms with Crippen molar-refractivity contribution >= 4 is 12.0 Å². The van der Waals surface area contributed by atoms with Gasteiger partial charge in [-0.25, -0.2) is 4.39 Å². The van der Waals surface area contributed by atoms with Gasteiger partial charge in [-0.3, -0.25) is 9.79 Å². The third-order valence-electron chi connectivity index (χ3n) is 2.32. The normalized spacial score (nSPS) is 19.9. The maximum atomic E-state index is 13.8. The predicted octanol–water partition coefficient (Wildman–Crippen LogP) is 1.15. The minimum atomic E-state index is -0.757. The lowest BCUT2D eigenvalue weighted by molar-refractivity contribution is -0.114. The first-order valence-corrected chi connectivity index (χ1v) is 4.72. The van der Waals surface area contributed by atoms with E-state index in [1.54, 1.807) is 6.07 Å². The number of carbonyl (C=O) groups is 1. The number of carbonyl (C=O) groups excluding carboxylic acids is 1. The number of ketones is 1. The summed E-state index contributed by atoms with van der Waals surface area (Å²) in [6.07, 6.45) is 4.39. The minimum absolute atomic E-state index is 0.0507. The van der Waals surface area contributed by atoms with Gasteiger partial charge in [-0.05, 0) is 6.08 Å². The number of hydrogen-bond donors (Lipinski definition) is 1. The highest BCUT2D eigenvalue weighted by atomic mass is 19.1. The Bertz CT molecular complexity index is 506. The molecule has 0 atom stereocenters. The Hall–Kier alpha value is -2.22. The van der Waals surface area contributed by atoms with Crippen LogP contribution >= 0.6 is 0 Å². The van der Waals surface area contributed by atoms with Gasteiger partial charge < -0.3 is 5.32 Å². The van der Waals surface area contributed by atoms with Crippen LogP contribution in [0.25, 0.3) is 0 Å². The molecule has 2 rings (SSSR count). The van der Waals surface area contributed by atoms with Gasteiger partial charge in [0.2, 0.25) is 0 Å². The Labute approximate surface area is 91.5 Å². The number of nitrogens with zero attached hydrogens (tertiary/aromatic N) is 2. The number of nitriles is 1. The monoisotopic (exact) mass is 217 g/mol. The van der Waals surface area contributed by atoms with Gasteiger partial charge in [-0.1, -0.05) is 6.08 Å². The number of nitrogens with one attached hydrogen (secondary N) is 1. The zero-order valence-corrected chi connectivity index (χ0v) is 8.33. The van der Waals surface area contributed by atoms with Crippen LogP contribution in [0.4, 0.5) is 4.39 Å². The molecular formula is C11H8FN3O. The molecule has 0 aromatic heterocycles. The lowest BCUT2D eigenvalue weighted by Crippen LogP contribution is -2.24. The van der Waals surface area contributed by atoms with Crippen LogP contribution in [0.2, 0.25) is 0 Å². The second kappa shape index (κ2) is 4.11. The Morgan fingerprint density at radius 3 is 3.00 bits per heavy atom. The maximum Gasteiger partial charge on any atom is 0.171 e. The van der Waals surface area contributed by atoms with Crippen molar-refractivity contribution in [2.75, 3.05) is 6.67 Å². The van der Waals surface area contributed by atoms with Gasteiger partial charge in [0.25, 0.3) is 0 Å². The minimum Gasteiger partial charge on any atom is -0.366 e. The third-order valence-corrected chi connectivity index (χ3v) is 2.32. The van der Waals surface area contributed by atoms with Gasteiger partial charge >= 0.3 is 0 Å². The van der Waals surface area contributed by atoms with Gasteiger partial charge in [0.1, 0.15) is 12.7 Å². The van der Waals surface area contributed by atoms with Crippen LogP contribution in [0, 0.1) is 11.3 Å². The lowest BCUT2D eigenvalue weighted by atomic mass is 9.94. The van der Waals surface area contributed by atoms with Gasteiger partial charge in [-0.15, -0.1) is 0 Å². The van der Waals surface area contributed by atoms with E-state index in [0.29, 0.717) is 12.4 Å². The summed E-state index contributed by atoms with van der Waals surface area (Å²) in [5.41, 5.74) is 0.253. The molecule has 0 bridgehead atoms. The smallest absolute Gasteiger partial charge is 0.171 e. The van der Waals surface area contributed by atoms with E-state index in [0.717, 1.165) is 0 Å². The van der Waals surface area contributed by atoms with Crippen LogP contribution in [0.3, 0.4) is 0 Å². The fraction of sp³-hybridized carbons (Fsp3) is 0.182. The molecule has 0 amide bonds. The fourth-order valence-electron chi connectivity index (χ4n) is 1.55. The number of halogens is 1. The summed E-state index contributed by atoms with van der Waals surface area (Å²) >= 11 is 0. The van der Waals surface area contributed by atoms with Gasteiger partial charge in [0.05, 0.1) is 16.8 Å². The highest BCUT2D eigenvalue weighted by molar-refractivity contribution is 6.04. The van der Waals surface area contributed by atoms with Crippen molar-refractivity contribution in [3.05, 3.63) is 34.8 Å². The van der Waals surface area contributed by atoms with Crippen molar-refractivity contribution < 1.29 is 9.18 Å². The molecule has 1 N–H and O–H groups in total. The summed E-state index contributed by atoms with van der Waals surface area (Å²) in [5.74, 6) is -1.08. The van der Waals surface area contributed by atoms with Crippen LogP contribution in [-0.2, 0) is 4.79 Å². The first-order chi connectivity index (χ1) is 7.74. The second-order valence-electron chi connectivity index (χ2n) is 3.29. The average Bonchev–Trinajstić information content (AvgIpc) is 2.31. The summed E-state index contributed by atoms with van der Waals surface area (Å²) < 4.78 is 13.8. The molecule has 1 aliphatic carbocycles. The van der Waals surface area contributed by atoms with Crippen molar-refractivity contribution in [3.63, 3.8) is 0 Å². The molecule has 16 heavy (non-hydrogen) atoms. The summed E-state index contributed by atoms with van der Waals surface area (Å²) in [7, 11) is 0. The van der Waals surface area contributed by atoms with Crippen LogP contribution < -0.4 is 5.32 Å². The van der Waals surface area contributed by atoms with Crippen molar-refractivity contribution in [3.8, 4) is 6.07 Å². The molecule has 2 aliphatic rings. The van der Waals surface area contributed by atoms with E-state index in [-0.39, 0.29) is 23.4 Å². The lowest BCUT2D eigenvalue weighted by Gasteiger charge is -2.17. The molecule has 0 unspecified atom stereocenters. The Morgan fingerprint density at radius 1 is 1.56 bits per heavy atom. The van der Waals surface area contributed by atoms with Gasteiger partial charge in [-0.2, -0.15) is 5.26 Å². The quantitative estimate of drug-likeness (QED) is 0.716. The topological polar surface area (TPSA) is 65.2 Å². The molecule has 0 spiro atoms. The molecule has 0 fully saturated rings. The summed E-state index contributed by atoms with van der Waals surface area (Å²) in [6.45, 7) is 0.307. The standard InChI is InChI=1S/C11H8FN3O/c12-11-7(5-13)1-2-9(16)10(11)8-3-4-14-6-15-8/h1,3-4,15H,2,6H2. The molecule has 0 aromatic carbocycles. The molecule has 1 aliphatic heterocycles. The number of rotatable bonds is 1. The maximum absolute atomic E-state index is 13.8. The number of hydrogen-bond acceptors (Lipinski definition) is 4. The van der Waals surface area contributed by atoms with Crippen molar-refractivity contribution in [1.29, 1.82) is 5.26 Å². The van der Waals surface area contributed by atoms with E-state index in [1.807, 2.05) is 0 Å². The second-order valence-corrected chi connectivity index (χ2v) is 3.29. The van der Waals surface area contributed by atoms with Crippen molar-refractivity contribution in [2.45, 2.75) is 6.42 Å². The van der Waals surface area contributed by atoms with Crippen molar-refractivity contribution in [2.24, 2.45) is 4.99 Å². The molecule has 0 aromatic rings. The van der Waals surface area contributed by atoms with Gasteiger partial charge in [0, 0.05) is 12.6 Å². The summed E-state index contributed by atoms with van der Waals surface area (Å²) in [6, 6.07) is 1.73. The summed E-state index contributed by atoms with van der Waals surface area (Å²) in [4.78, 5) is 15.5. The largest absolute Gasteiger partial charge is 0.366 e. The van der Waals surface area contributed by atoms with Crippen LogP contribution in [0.1, 0.15) is 6.42 Å². The first kappa shape index (κ1) is 10.3. The Morgan fingerprint density at radius 2 is 2.38 bits per heavy atom. The fourth-order valence-corrected chi connectivity index (χ4v) is 1.55. The van der Waals surface area contributed by atoms with E-state index in [2.05, 4.69) is 10.3 Å². The number of aliphatic imine (C=N–C) groups is 1. The molecular weight excluding hydrogens is 209 g/mol. The number of Topliss-reactive ketones (excluding diaryl/α,β-unsaturated/α-hetero) is 1. The third kappa shape index (κ3) is 1.65. The zero-order valence-electron chi connectivity index (χ0n) is 8.33. The Kier molecular flexibility index (Phi) is 2.64. The molecule has 0 saturated carbocycles. The SMILES string of the molecule is N#CC1=CCC(=O)C(C2=CC=NCN2)=C1F. The van der Waals surface area contributed by atoms with Crippen molar-refractivity contribution in [1.82, 2.24) is 5.32 Å². The molecule has 0 radical (unpaired) electrons. The molecule has 80 valence electrons. The molecule has 1 heterocycles. The van der Waals surface area contributed by atoms with E-state index in [4.69, 9.17) is 5.26 Å². The van der Waals surface area contributed by atoms with E-state index in [1.165, 1.54) is 18.4 Å². The molecule has 4 nitrogen and oxygen atoms in total. The van der Waals surface area contributed by atoms with E-state index >= 15 is 0 Å². The van der Waals surface area contributed by atoms with E-state index in [9.17, 15) is 9.18 Å². The highest BCUT2D eigenvalue weighted by Gasteiger charge is 2.26. The molecule has 0 saturated heterocycles. The Balaban J connectivity index is 2.48. The highest BCUT2D eigenvalue weighted by Crippen LogP contribution is 2.27. The first-order valence-electron chi connectivity index (χ1n) is 4.72. The van der Waals surface area contributed by atoms with Crippen LogP contribution in [0.5, 0.6) is 0 Å². The van der Waals surface area contributed by atoms with Crippen LogP contribution in [-0.4, -0.2) is 18.7 Å². The summed E-state index contributed by atoms with van der Waals surface area (Å²) in [5, 5.41) is 11.5.